The van der Waals surface area contributed by atoms with Crippen LogP contribution < -0.4 is 10.6 Å². The Hall–Kier alpha value is -3.04. The number of alkyl halides is 3. The van der Waals surface area contributed by atoms with Gasteiger partial charge in [-0.15, -0.1) is 0 Å². The maximum absolute atomic E-state index is 14.5. The quantitative estimate of drug-likeness (QED) is 0.716. The van der Waals surface area contributed by atoms with E-state index in [1.807, 2.05) is 0 Å². The summed E-state index contributed by atoms with van der Waals surface area (Å²) in [5.41, 5.74) is 0.819. The smallest absolute Gasteiger partial charge is 0.405 e. The number of carbonyl (C=O) groups excluding carboxylic acids is 1. The van der Waals surface area contributed by atoms with E-state index in [4.69, 9.17) is 5.11 Å². The minimum Gasteiger partial charge on any atom is -0.465 e. The summed E-state index contributed by atoms with van der Waals surface area (Å²) < 4.78 is 41.8. The molecule has 2 amide bonds. The van der Waals surface area contributed by atoms with E-state index in [-0.39, 0.29) is 24.2 Å². The maximum atomic E-state index is 14.5. The first-order valence-corrected chi connectivity index (χ1v) is 8.68. The van der Waals surface area contributed by atoms with Crippen LogP contribution in [0.5, 0.6) is 0 Å². The molecule has 7 nitrogen and oxygen atoms in total. The summed E-state index contributed by atoms with van der Waals surface area (Å²) in [6.45, 7) is -1.57. The van der Waals surface area contributed by atoms with E-state index >= 15 is 0 Å². The standard InChI is InChI=1S/C18H19F3N4O3/c1-9-12(19)5-6-13(24-18(27)28)10-3-2-4-11(7-10)15-14(23-16(9)26)8-22-25(15)17(20)21/h2-4,7-9,12-13,17,24H,5-6H2,1H3,(H,23,26)(H,27,28)/t9-,12?,13+/m1/s1. The molecule has 2 heterocycles. The van der Waals surface area contributed by atoms with E-state index in [1.165, 1.54) is 13.0 Å². The molecular weight excluding hydrogens is 377 g/mol. The zero-order chi connectivity index (χ0) is 20.4. The summed E-state index contributed by atoms with van der Waals surface area (Å²) in [6.07, 6.45) is -1.68. The van der Waals surface area contributed by atoms with Crippen LogP contribution in [-0.2, 0) is 4.79 Å². The Labute approximate surface area is 158 Å². The van der Waals surface area contributed by atoms with Gasteiger partial charge >= 0.3 is 12.6 Å². The summed E-state index contributed by atoms with van der Waals surface area (Å²) in [5.74, 6) is -1.71. The highest BCUT2D eigenvalue weighted by Crippen LogP contribution is 2.35. The first kappa shape index (κ1) is 19.7. The SMILES string of the molecule is C[C@H]1C(=O)Nc2cnn(C(F)F)c2-c2cccc(c2)[C@@H](NC(=O)O)CCC1F. The predicted octanol–water partition coefficient (Wildman–Crippen LogP) is 3.96. The number of halogens is 3. The first-order valence-electron chi connectivity index (χ1n) is 8.68. The third-order valence-electron chi connectivity index (χ3n) is 4.79. The molecule has 150 valence electrons. The van der Waals surface area contributed by atoms with Gasteiger partial charge in [0.1, 0.15) is 6.17 Å². The number of benzene rings is 1. The van der Waals surface area contributed by atoms with Gasteiger partial charge < -0.3 is 15.7 Å². The van der Waals surface area contributed by atoms with Crippen LogP contribution in [0.4, 0.5) is 23.7 Å². The fourth-order valence-corrected chi connectivity index (χ4v) is 3.25. The molecule has 0 spiro atoms. The van der Waals surface area contributed by atoms with Crippen molar-refractivity contribution in [3.05, 3.63) is 36.0 Å². The van der Waals surface area contributed by atoms with Crippen molar-refractivity contribution in [3.8, 4) is 11.3 Å². The second kappa shape index (κ2) is 7.91. The molecule has 1 aliphatic heterocycles. The second-order valence-electron chi connectivity index (χ2n) is 6.63. The van der Waals surface area contributed by atoms with Gasteiger partial charge in [-0.05, 0) is 24.5 Å². The Kier molecular flexibility index (Phi) is 5.57. The van der Waals surface area contributed by atoms with Crippen LogP contribution in [0.3, 0.4) is 0 Å². The number of hydrogen-bond donors (Lipinski definition) is 3. The minimum absolute atomic E-state index is 0.0322. The number of rotatable bonds is 2. The van der Waals surface area contributed by atoms with Crippen LogP contribution in [0.2, 0.25) is 0 Å². The van der Waals surface area contributed by atoms with Crippen molar-refractivity contribution in [1.29, 1.82) is 0 Å². The summed E-state index contributed by atoms with van der Waals surface area (Å²) in [5, 5.41) is 17.5. The molecule has 3 N–H and O–H groups in total. The van der Waals surface area contributed by atoms with E-state index in [2.05, 4.69) is 15.7 Å². The van der Waals surface area contributed by atoms with Gasteiger partial charge in [-0.3, -0.25) is 4.79 Å². The molecule has 1 aromatic heterocycles. The Morgan fingerprint density at radius 3 is 2.82 bits per heavy atom. The van der Waals surface area contributed by atoms with E-state index in [0.29, 0.717) is 15.8 Å². The van der Waals surface area contributed by atoms with Crippen molar-refractivity contribution in [2.75, 3.05) is 5.32 Å². The molecule has 2 aromatic rings. The van der Waals surface area contributed by atoms with Crippen LogP contribution >= 0.6 is 0 Å². The summed E-state index contributed by atoms with van der Waals surface area (Å²) in [7, 11) is 0. The molecule has 2 bridgehead atoms. The van der Waals surface area contributed by atoms with Crippen molar-refractivity contribution in [3.63, 3.8) is 0 Å². The Morgan fingerprint density at radius 2 is 2.14 bits per heavy atom. The lowest BCUT2D eigenvalue weighted by Crippen LogP contribution is -2.31. The lowest BCUT2D eigenvalue weighted by atomic mass is 9.93. The van der Waals surface area contributed by atoms with Crippen LogP contribution in [0.25, 0.3) is 11.3 Å². The molecule has 0 radical (unpaired) electrons. The van der Waals surface area contributed by atoms with Gasteiger partial charge in [0.15, 0.2) is 0 Å². The average Bonchev–Trinajstić information content (AvgIpc) is 3.07. The molecule has 0 aliphatic carbocycles. The Balaban J connectivity index is 2.16. The largest absolute Gasteiger partial charge is 0.465 e. The molecule has 28 heavy (non-hydrogen) atoms. The molecule has 0 saturated carbocycles. The highest BCUT2D eigenvalue weighted by molar-refractivity contribution is 5.96. The number of nitrogens with zero attached hydrogens (tertiary/aromatic N) is 2. The summed E-state index contributed by atoms with van der Waals surface area (Å²) >= 11 is 0. The monoisotopic (exact) mass is 396 g/mol. The Bertz CT molecular complexity index is 887. The van der Waals surface area contributed by atoms with Gasteiger partial charge in [-0.25, -0.2) is 13.9 Å². The van der Waals surface area contributed by atoms with Crippen LogP contribution in [0, 0.1) is 5.92 Å². The molecular formula is C18H19F3N4O3. The Morgan fingerprint density at radius 1 is 1.39 bits per heavy atom. The zero-order valence-electron chi connectivity index (χ0n) is 14.9. The van der Waals surface area contributed by atoms with Crippen molar-refractivity contribution in [2.24, 2.45) is 5.92 Å². The average molecular weight is 396 g/mol. The van der Waals surface area contributed by atoms with Gasteiger partial charge in [0.05, 0.1) is 29.5 Å². The normalized spacial score (nSPS) is 22.6. The highest BCUT2D eigenvalue weighted by Gasteiger charge is 2.29. The van der Waals surface area contributed by atoms with E-state index in [9.17, 15) is 22.8 Å². The van der Waals surface area contributed by atoms with Crippen molar-refractivity contribution in [1.82, 2.24) is 15.1 Å². The highest BCUT2D eigenvalue weighted by atomic mass is 19.3. The molecule has 1 aliphatic rings. The van der Waals surface area contributed by atoms with Crippen LogP contribution in [0.15, 0.2) is 30.5 Å². The molecule has 1 aromatic carbocycles. The summed E-state index contributed by atoms with van der Waals surface area (Å²) in [6, 6.07) is 5.55. The lowest BCUT2D eigenvalue weighted by molar-refractivity contribution is -0.121. The van der Waals surface area contributed by atoms with Gasteiger partial charge in [0.2, 0.25) is 5.91 Å². The molecule has 1 unspecified atom stereocenters. The maximum Gasteiger partial charge on any atom is 0.405 e. The number of fused-ring (bicyclic) bond motifs is 4. The third kappa shape index (κ3) is 3.95. The fraction of sp³-hybridized carbons (Fsp3) is 0.389. The zero-order valence-corrected chi connectivity index (χ0v) is 14.9. The summed E-state index contributed by atoms with van der Waals surface area (Å²) in [4.78, 5) is 23.5. The first-order chi connectivity index (χ1) is 13.3. The molecule has 0 saturated heterocycles. The van der Waals surface area contributed by atoms with E-state index in [1.54, 1.807) is 18.2 Å². The van der Waals surface area contributed by atoms with Gasteiger partial charge in [-0.1, -0.05) is 25.1 Å². The second-order valence-corrected chi connectivity index (χ2v) is 6.63. The molecule has 0 fully saturated rings. The number of nitrogens with one attached hydrogen (secondary N) is 2. The van der Waals surface area contributed by atoms with Gasteiger partial charge in [-0.2, -0.15) is 13.9 Å². The third-order valence-corrected chi connectivity index (χ3v) is 4.79. The topological polar surface area (TPSA) is 96.3 Å². The molecule has 3 atom stereocenters. The molecule has 10 heteroatoms. The van der Waals surface area contributed by atoms with Crippen molar-refractivity contribution in [2.45, 2.75) is 38.5 Å². The number of amides is 2. The van der Waals surface area contributed by atoms with Crippen molar-refractivity contribution >= 4 is 17.7 Å². The van der Waals surface area contributed by atoms with Gasteiger partial charge in [0.25, 0.3) is 0 Å². The predicted molar refractivity (Wildman–Crippen MR) is 94.7 cm³/mol. The number of anilines is 1. The fourth-order valence-electron chi connectivity index (χ4n) is 3.25. The van der Waals surface area contributed by atoms with Crippen molar-refractivity contribution < 1.29 is 27.9 Å². The number of aromatic nitrogens is 2. The van der Waals surface area contributed by atoms with Gasteiger partial charge in [0, 0.05) is 5.56 Å². The lowest BCUT2D eigenvalue weighted by Gasteiger charge is -2.23. The number of hydrogen-bond acceptors (Lipinski definition) is 3. The molecule has 3 rings (SSSR count). The van der Waals surface area contributed by atoms with Crippen LogP contribution in [0.1, 0.15) is 37.9 Å². The van der Waals surface area contributed by atoms with E-state index in [0.717, 1.165) is 6.20 Å². The number of carbonyl (C=O) groups is 2. The number of carboxylic acid groups (broad SMARTS) is 1. The van der Waals surface area contributed by atoms with E-state index < -0.39 is 36.7 Å². The van der Waals surface area contributed by atoms with Crippen LogP contribution in [-0.4, -0.2) is 33.1 Å². The minimum atomic E-state index is -2.96.